The molecule has 4 amide bonds. The first-order valence-corrected chi connectivity index (χ1v) is 12.2. The van der Waals surface area contributed by atoms with Crippen LogP contribution in [-0.2, 0) is 20.7 Å². The van der Waals surface area contributed by atoms with E-state index in [4.69, 9.17) is 16.3 Å². The minimum atomic E-state index is -0.884. The second kappa shape index (κ2) is 10.9. The molecule has 4 rings (SSSR count). The van der Waals surface area contributed by atoms with Crippen LogP contribution in [0.5, 0.6) is 0 Å². The fraction of sp³-hybridized carbons (Fsp3) is 0.111. The number of anilines is 1. The summed E-state index contributed by atoms with van der Waals surface area (Å²) in [6.07, 6.45) is 1.95. The molecule has 0 bridgehead atoms. The minimum absolute atomic E-state index is 0.198. The van der Waals surface area contributed by atoms with Gasteiger partial charge in [0.25, 0.3) is 11.8 Å². The number of nitrogens with one attached hydrogen (secondary N) is 1. The molecule has 1 aliphatic rings. The average molecular weight is 568 g/mol. The summed E-state index contributed by atoms with van der Waals surface area (Å²) in [6.45, 7) is 1.91. The van der Waals surface area contributed by atoms with Crippen molar-refractivity contribution < 1.29 is 23.9 Å². The Labute approximate surface area is 220 Å². The number of imide groups is 2. The number of ether oxygens (including phenoxy) is 1. The highest BCUT2D eigenvalue weighted by atomic mass is 79.9. The molecular formula is C27H20BrClN2O5. The standard InChI is InChI=1S/C27H20BrClN2O5/c1-2-36-26(34)16-8-11-21(12-9-16)31-25(33)22(24(32)30-27(31)35)15-19-14-20(29)10-7-17(19)13-18-5-3-4-6-23(18)28/h3-12,14-15H,2,13H2,1H3,(H,30,32,35)/b22-15+. The van der Waals surface area contributed by atoms with Gasteiger partial charge < -0.3 is 4.74 Å². The van der Waals surface area contributed by atoms with Crippen molar-refractivity contribution >= 4 is 63.1 Å². The lowest BCUT2D eigenvalue weighted by molar-refractivity contribution is -0.122. The number of hydrogen-bond donors (Lipinski definition) is 1. The molecule has 0 saturated carbocycles. The Morgan fingerprint density at radius 2 is 1.75 bits per heavy atom. The van der Waals surface area contributed by atoms with Crippen molar-refractivity contribution in [3.05, 3.63) is 104 Å². The monoisotopic (exact) mass is 566 g/mol. The van der Waals surface area contributed by atoms with Crippen LogP contribution in [-0.4, -0.2) is 30.4 Å². The highest BCUT2D eigenvalue weighted by Gasteiger charge is 2.37. The lowest BCUT2D eigenvalue weighted by atomic mass is 9.97. The molecule has 0 spiro atoms. The van der Waals surface area contributed by atoms with Gasteiger partial charge in [0, 0.05) is 9.50 Å². The van der Waals surface area contributed by atoms with E-state index >= 15 is 0 Å². The highest BCUT2D eigenvalue weighted by molar-refractivity contribution is 9.10. The number of hydrogen-bond acceptors (Lipinski definition) is 5. The molecule has 0 unspecified atom stereocenters. The van der Waals surface area contributed by atoms with E-state index in [-0.39, 0.29) is 23.4 Å². The average Bonchev–Trinajstić information content (AvgIpc) is 2.85. The molecule has 182 valence electrons. The molecule has 0 aromatic heterocycles. The Hall–Kier alpha value is -3.75. The molecule has 1 N–H and O–H groups in total. The lowest BCUT2D eigenvalue weighted by Crippen LogP contribution is -2.54. The third kappa shape index (κ3) is 5.40. The van der Waals surface area contributed by atoms with Gasteiger partial charge in [-0.3, -0.25) is 14.9 Å². The summed E-state index contributed by atoms with van der Waals surface area (Å²) in [4.78, 5) is 51.3. The summed E-state index contributed by atoms with van der Waals surface area (Å²) in [7, 11) is 0. The third-order valence-corrected chi connectivity index (χ3v) is 6.49. The molecule has 36 heavy (non-hydrogen) atoms. The van der Waals surface area contributed by atoms with Gasteiger partial charge in [-0.15, -0.1) is 0 Å². The zero-order valence-corrected chi connectivity index (χ0v) is 21.4. The molecule has 9 heteroatoms. The van der Waals surface area contributed by atoms with E-state index in [1.54, 1.807) is 19.1 Å². The maximum absolute atomic E-state index is 13.3. The van der Waals surface area contributed by atoms with E-state index in [2.05, 4.69) is 21.2 Å². The van der Waals surface area contributed by atoms with Crippen LogP contribution in [0.3, 0.4) is 0 Å². The van der Waals surface area contributed by atoms with Crippen LogP contribution in [0.1, 0.15) is 34.0 Å². The van der Waals surface area contributed by atoms with Crippen molar-refractivity contribution in [1.29, 1.82) is 0 Å². The van der Waals surface area contributed by atoms with Gasteiger partial charge in [0.05, 0.1) is 17.9 Å². The van der Waals surface area contributed by atoms with E-state index in [0.29, 0.717) is 17.0 Å². The number of nitrogens with zero attached hydrogens (tertiary/aromatic N) is 1. The Bertz CT molecular complexity index is 1400. The maximum atomic E-state index is 13.3. The number of benzene rings is 3. The van der Waals surface area contributed by atoms with Crippen LogP contribution in [0.4, 0.5) is 10.5 Å². The predicted octanol–water partition coefficient (Wildman–Crippen LogP) is 5.54. The van der Waals surface area contributed by atoms with Crippen LogP contribution in [0.25, 0.3) is 6.08 Å². The smallest absolute Gasteiger partial charge is 0.338 e. The maximum Gasteiger partial charge on any atom is 0.338 e. The Morgan fingerprint density at radius 3 is 2.44 bits per heavy atom. The first kappa shape index (κ1) is 25.3. The van der Waals surface area contributed by atoms with Gasteiger partial charge in [-0.2, -0.15) is 0 Å². The quantitative estimate of drug-likeness (QED) is 0.240. The molecule has 1 saturated heterocycles. The van der Waals surface area contributed by atoms with Crippen molar-refractivity contribution in [1.82, 2.24) is 5.32 Å². The van der Waals surface area contributed by atoms with Crippen molar-refractivity contribution in [2.45, 2.75) is 13.3 Å². The van der Waals surface area contributed by atoms with E-state index in [1.165, 1.54) is 30.3 Å². The summed E-state index contributed by atoms with van der Waals surface area (Å²) < 4.78 is 5.88. The number of halogens is 2. The van der Waals surface area contributed by atoms with Gasteiger partial charge in [-0.1, -0.05) is 51.8 Å². The van der Waals surface area contributed by atoms with Crippen molar-refractivity contribution in [3.63, 3.8) is 0 Å². The molecule has 0 atom stereocenters. The fourth-order valence-electron chi connectivity index (χ4n) is 3.72. The molecular weight excluding hydrogens is 548 g/mol. The molecule has 1 heterocycles. The minimum Gasteiger partial charge on any atom is -0.462 e. The number of urea groups is 1. The van der Waals surface area contributed by atoms with Crippen molar-refractivity contribution in [2.75, 3.05) is 11.5 Å². The second-order valence-corrected chi connectivity index (χ2v) is 9.13. The summed E-state index contributed by atoms with van der Waals surface area (Å²) >= 11 is 9.77. The highest BCUT2D eigenvalue weighted by Crippen LogP contribution is 2.27. The number of barbiturate groups is 1. The second-order valence-electron chi connectivity index (χ2n) is 7.84. The largest absolute Gasteiger partial charge is 0.462 e. The van der Waals surface area contributed by atoms with Crippen molar-refractivity contribution in [2.24, 2.45) is 0 Å². The van der Waals surface area contributed by atoms with Crippen LogP contribution in [0.15, 0.2) is 76.8 Å². The molecule has 0 aliphatic carbocycles. The van der Waals surface area contributed by atoms with Gasteiger partial charge in [0.15, 0.2) is 0 Å². The lowest BCUT2D eigenvalue weighted by Gasteiger charge is -2.26. The fourth-order valence-corrected chi connectivity index (χ4v) is 4.32. The number of carbonyl (C=O) groups excluding carboxylic acids is 4. The predicted molar refractivity (Wildman–Crippen MR) is 140 cm³/mol. The normalized spacial score (nSPS) is 14.7. The zero-order chi connectivity index (χ0) is 25.8. The van der Waals surface area contributed by atoms with E-state index in [0.717, 1.165) is 20.5 Å². The summed E-state index contributed by atoms with van der Waals surface area (Å²) in [5, 5.41) is 2.64. The summed E-state index contributed by atoms with van der Waals surface area (Å²) in [6, 6.07) is 17.8. The summed E-state index contributed by atoms with van der Waals surface area (Å²) in [5.41, 5.74) is 2.67. The number of amides is 4. The number of carbonyl (C=O) groups is 4. The third-order valence-electron chi connectivity index (χ3n) is 5.48. The molecule has 3 aromatic rings. The Balaban J connectivity index is 1.69. The SMILES string of the molecule is CCOC(=O)c1ccc(N2C(=O)NC(=O)/C(=C\c3cc(Cl)ccc3Cc3ccccc3Br)C2=O)cc1. The van der Waals surface area contributed by atoms with Gasteiger partial charge in [-0.05, 0) is 78.6 Å². The summed E-state index contributed by atoms with van der Waals surface area (Å²) in [5.74, 6) is -2.12. The first-order valence-electron chi connectivity index (χ1n) is 11.0. The Morgan fingerprint density at radius 1 is 1.03 bits per heavy atom. The topological polar surface area (TPSA) is 92.8 Å². The van der Waals surface area contributed by atoms with E-state index in [1.807, 2.05) is 30.3 Å². The number of rotatable bonds is 6. The van der Waals surface area contributed by atoms with E-state index in [9.17, 15) is 19.2 Å². The molecule has 1 aliphatic heterocycles. The van der Waals surface area contributed by atoms with Crippen LogP contribution in [0, 0.1) is 0 Å². The molecule has 7 nitrogen and oxygen atoms in total. The number of esters is 1. The molecule has 3 aromatic carbocycles. The van der Waals surface area contributed by atoms with Gasteiger partial charge >= 0.3 is 12.0 Å². The van der Waals surface area contributed by atoms with Gasteiger partial charge in [0.1, 0.15) is 5.57 Å². The van der Waals surface area contributed by atoms with Crippen molar-refractivity contribution in [3.8, 4) is 0 Å². The van der Waals surface area contributed by atoms with Crippen LogP contribution >= 0.6 is 27.5 Å². The first-order chi connectivity index (χ1) is 17.3. The van der Waals surface area contributed by atoms with Gasteiger partial charge in [0.2, 0.25) is 0 Å². The van der Waals surface area contributed by atoms with Gasteiger partial charge in [-0.25, -0.2) is 14.5 Å². The molecule has 1 fully saturated rings. The van der Waals surface area contributed by atoms with Crippen LogP contribution < -0.4 is 10.2 Å². The van der Waals surface area contributed by atoms with Crippen LogP contribution in [0.2, 0.25) is 5.02 Å². The zero-order valence-electron chi connectivity index (χ0n) is 19.1. The Kier molecular flexibility index (Phi) is 7.67. The van der Waals surface area contributed by atoms with E-state index < -0.39 is 23.8 Å². The molecule has 0 radical (unpaired) electrons.